The summed E-state index contributed by atoms with van der Waals surface area (Å²) in [5.41, 5.74) is 5.28. The van der Waals surface area contributed by atoms with Crippen LogP contribution in [0.2, 0.25) is 13.1 Å². The summed E-state index contributed by atoms with van der Waals surface area (Å²) in [6.45, 7) is 20.9. The van der Waals surface area contributed by atoms with Crippen LogP contribution in [0, 0.1) is 16.7 Å². The van der Waals surface area contributed by atoms with Gasteiger partial charge in [0.1, 0.15) is 23.8 Å². The molecule has 2 unspecified atom stereocenters. The van der Waals surface area contributed by atoms with Crippen LogP contribution in [0.15, 0.2) is 41.3 Å². The van der Waals surface area contributed by atoms with Crippen molar-refractivity contribution in [3.63, 3.8) is 0 Å². The molecule has 0 spiro atoms. The molecule has 2 aromatic rings. The lowest BCUT2D eigenvalue weighted by molar-refractivity contribution is -0.168. The van der Waals surface area contributed by atoms with E-state index in [1.165, 1.54) is 4.57 Å². The van der Waals surface area contributed by atoms with Gasteiger partial charge in [-0.1, -0.05) is 85.7 Å². The van der Waals surface area contributed by atoms with E-state index in [-0.39, 0.29) is 42.4 Å². The number of rotatable bonds is 9. The molecule has 1 aliphatic rings. The molecule has 3 N–H and O–H groups in total. The van der Waals surface area contributed by atoms with E-state index in [9.17, 15) is 9.90 Å². The molecule has 1 aromatic carbocycles. The second-order valence-electron chi connectivity index (χ2n) is 13.6. The Kier molecular flexibility index (Phi) is 9.55. The van der Waals surface area contributed by atoms with Gasteiger partial charge in [-0.3, -0.25) is 4.57 Å². The fraction of sp³-hybridized carbons (Fsp3) is 0.667. The number of hydrogen-bond donors (Lipinski definition) is 2. The summed E-state index contributed by atoms with van der Waals surface area (Å²) in [6, 6.07) is 10.0. The van der Waals surface area contributed by atoms with Crippen molar-refractivity contribution in [2.24, 2.45) is 16.7 Å². The maximum absolute atomic E-state index is 13.1. The maximum Gasteiger partial charge on any atom is 0.351 e. The number of aliphatic hydroxyl groups is 1. The lowest BCUT2D eigenvalue weighted by atomic mass is 9.68. The SMILES string of the molecule is CC(C)C(OCc1cn([C@H]2C[C@@](O)(C(C)(C)C)[C@@H](C(O[SiH](C)C)C(C)(C)C)O2)c(=O)nc1N)c1ccccc1. The van der Waals surface area contributed by atoms with Crippen LogP contribution in [0.4, 0.5) is 5.82 Å². The minimum atomic E-state index is -1.47. The Morgan fingerprint density at radius 1 is 1.18 bits per heavy atom. The first kappa shape index (κ1) is 31.5. The lowest BCUT2D eigenvalue weighted by Gasteiger charge is -2.46. The van der Waals surface area contributed by atoms with Crippen molar-refractivity contribution in [1.29, 1.82) is 0 Å². The van der Waals surface area contributed by atoms with Crippen molar-refractivity contribution >= 4 is 14.9 Å². The summed E-state index contributed by atoms with van der Waals surface area (Å²) in [5, 5.41) is 12.2. The van der Waals surface area contributed by atoms with Crippen LogP contribution < -0.4 is 11.4 Å². The number of nitrogen functional groups attached to an aromatic ring is 1. The smallest absolute Gasteiger partial charge is 0.351 e. The van der Waals surface area contributed by atoms with Gasteiger partial charge in [0.2, 0.25) is 0 Å². The highest BCUT2D eigenvalue weighted by Crippen LogP contribution is 2.50. The Balaban J connectivity index is 1.97. The Hall–Kier alpha value is -2.04. The largest absolute Gasteiger partial charge is 0.414 e. The summed E-state index contributed by atoms with van der Waals surface area (Å²) in [5.74, 6) is 0.362. The zero-order valence-corrected chi connectivity index (χ0v) is 26.5. The van der Waals surface area contributed by atoms with Crippen molar-refractivity contribution in [3.8, 4) is 0 Å². The second-order valence-corrected chi connectivity index (χ2v) is 16.0. The van der Waals surface area contributed by atoms with Gasteiger partial charge in [0.15, 0.2) is 9.04 Å². The maximum atomic E-state index is 13.1. The van der Waals surface area contributed by atoms with Crippen LogP contribution in [0.1, 0.15) is 85.3 Å². The average molecular weight is 560 g/mol. The summed E-state index contributed by atoms with van der Waals surface area (Å²) < 4.78 is 20.8. The molecule has 0 amide bonds. The molecular weight excluding hydrogens is 510 g/mol. The molecule has 39 heavy (non-hydrogen) atoms. The standard InChI is InChI=1S/C30H49N3O5Si/c1-19(2)23(20-14-12-11-13-15-20)36-18-21-17-33(27(34)32-26(21)31)22-16-30(35,29(6,7)8)25(37-22)24(28(3,4)5)38-39(9)10/h11-15,17,19,22-25,35,39H,16,18H2,1-10H3,(H2,31,32,34)/t22-,23?,24?,25-,30+/m1/s1. The van der Waals surface area contributed by atoms with Crippen LogP contribution in [0.3, 0.4) is 0 Å². The lowest BCUT2D eigenvalue weighted by Crippen LogP contribution is -2.58. The normalized spacial score (nSPS) is 23.9. The summed E-state index contributed by atoms with van der Waals surface area (Å²) >= 11 is 0. The van der Waals surface area contributed by atoms with Crippen molar-refractivity contribution in [1.82, 2.24) is 9.55 Å². The van der Waals surface area contributed by atoms with Gasteiger partial charge in [-0.05, 0) is 35.4 Å². The van der Waals surface area contributed by atoms with E-state index in [2.05, 4.69) is 52.7 Å². The van der Waals surface area contributed by atoms with Gasteiger partial charge in [-0.2, -0.15) is 4.98 Å². The predicted octanol–water partition coefficient (Wildman–Crippen LogP) is 5.22. The molecule has 0 bridgehead atoms. The number of nitrogens with two attached hydrogens (primary N) is 1. The number of benzene rings is 1. The highest BCUT2D eigenvalue weighted by molar-refractivity contribution is 6.48. The van der Waals surface area contributed by atoms with Gasteiger partial charge in [0, 0.05) is 18.2 Å². The highest BCUT2D eigenvalue weighted by atomic mass is 28.3. The van der Waals surface area contributed by atoms with Gasteiger partial charge >= 0.3 is 5.69 Å². The summed E-state index contributed by atoms with van der Waals surface area (Å²) in [4.78, 5) is 17.2. The molecule has 8 nitrogen and oxygen atoms in total. The topological polar surface area (TPSA) is 109 Å². The monoisotopic (exact) mass is 559 g/mol. The number of aromatic nitrogens is 2. The van der Waals surface area contributed by atoms with E-state index in [1.54, 1.807) is 6.20 Å². The minimum Gasteiger partial charge on any atom is -0.414 e. The minimum absolute atomic E-state index is 0.133. The fourth-order valence-corrected chi connectivity index (χ4v) is 6.43. The van der Waals surface area contributed by atoms with E-state index in [4.69, 9.17) is 19.6 Å². The molecule has 0 radical (unpaired) electrons. The van der Waals surface area contributed by atoms with Crippen molar-refractivity contribution < 1.29 is 19.0 Å². The van der Waals surface area contributed by atoms with Crippen LogP contribution in [0.25, 0.3) is 0 Å². The fourth-order valence-electron chi connectivity index (χ4n) is 5.29. The van der Waals surface area contributed by atoms with Crippen molar-refractivity contribution in [2.75, 3.05) is 5.73 Å². The molecule has 9 heteroatoms. The van der Waals surface area contributed by atoms with E-state index < -0.39 is 38.1 Å². The van der Waals surface area contributed by atoms with E-state index in [0.29, 0.717) is 5.56 Å². The zero-order valence-electron chi connectivity index (χ0n) is 25.4. The van der Waals surface area contributed by atoms with Gasteiger partial charge in [0.05, 0.1) is 18.8 Å². The Labute approximate surface area is 235 Å². The molecule has 0 saturated carbocycles. The highest BCUT2D eigenvalue weighted by Gasteiger charge is 2.59. The second kappa shape index (κ2) is 11.8. The van der Waals surface area contributed by atoms with Crippen LogP contribution in [-0.2, 0) is 20.5 Å². The predicted molar refractivity (Wildman–Crippen MR) is 158 cm³/mol. The van der Waals surface area contributed by atoms with Crippen molar-refractivity contribution in [2.45, 2.75) is 112 Å². The molecular formula is C30H49N3O5Si. The van der Waals surface area contributed by atoms with Crippen LogP contribution in [-0.4, -0.2) is 41.5 Å². The molecule has 218 valence electrons. The molecule has 1 fully saturated rings. The number of hydrogen-bond acceptors (Lipinski definition) is 7. The number of ether oxygens (including phenoxy) is 2. The first-order valence-corrected chi connectivity index (χ1v) is 16.8. The summed E-state index contributed by atoms with van der Waals surface area (Å²) in [7, 11) is -1.47. The van der Waals surface area contributed by atoms with Gasteiger partial charge in [-0.15, -0.1) is 0 Å². The first-order chi connectivity index (χ1) is 18.0. The third-order valence-corrected chi connectivity index (χ3v) is 8.47. The molecule has 3 rings (SSSR count). The van der Waals surface area contributed by atoms with E-state index >= 15 is 0 Å². The quantitative estimate of drug-likeness (QED) is 0.406. The molecule has 5 atom stereocenters. The van der Waals surface area contributed by atoms with E-state index in [0.717, 1.165) is 5.56 Å². The Bertz CT molecular complexity index is 1160. The molecule has 0 aliphatic carbocycles. The summed E-state index contributed by atoms with van der Waals surface area (Å²) in [6.07, 6.45) is 0.0419. The Morgan fingerprint density at radius 2 is 1.79 bits per heavy atom. The van der Waals surface area contributed by atoms with Gasteiger partial charge in [-0.25, -0.2) is 4.79 Å². The van der Waals surface area contributed by atoms with Crippen LogP contribution in [0.5, 0.6) is 0 Å². The molecule has 1 aliphatic heterocycles. The zero-order chi connectivity index (χ0) is 29.3. The molecule has 1 aromatic heterocycles. The first-order valence-electron chi connectivity index (χ1n) is 14.0. The molecule has 1 saturated heterocycles. The number of anilines is 1. The van der Waals surface area contributed by atoms with Gasteiger partial charge in [0.25, 0.3) is 0 Å². The third kappa shape index (κ3) is 7.00. The molecule has 2 heterocycles. The Morgan fingerprint density at radius 3 is 2.31 bits per heavy atom. The average Bonchev–Trinajstić information content (AvgIpc) is 3.16. The van der Waals surface area contributed by atoms with Crippen molar-refractivity contribution in [3.05, 3.63) is 58.1 Å². The van der Waals surface area contributed by atoms with Crippen LogP contribution >= 0.6 is 0 Å². The van der Waals surface area contributed by atoms with E-state index in [1.807, 2.05) is 51.1 Å². The number of nitrogens with zero attached hydrogens (tertiary/aromatic N) is 2. The van der Waals surface area contributed by atoms with Gasteiger partial charge < -0.3 is 24.7 Å². The third-order valence-electron chi connectivity index (χ3n) is 7.63.